The van der Waals surface area contributed by atoms with Crippen LogP contribution < -0.4 is 0 Å². The van der Waals surface area contributed by atoms with Gasteiger partial charge in [-0.05, 0) is 13.8 Å². The molecule has 0 aliphatic heterocycles. The summed E-state index contributed by atoms with van der Waals surface area (Å²) in [7, 11) is 0. The van der Waals surface area contributed by atoms with E-state index in [-0.39, 0.29) is 52.9 Å². The van der Waals surface area contributed by atoms with Gasteiger partial charge in [-0.2, -0.15) is 0 Å². The predicted molar refractivity (Wildman–Crippen MR) is 102 cm³/mol. The second kappa shape index (κ2) is 45.7. The Morgan fingerprint density at radius 1 is 0.464 bits per heavy atom. The van der Waals surface area contributed by atoms with Crippen LogP contribution in [0.1, 0.15) is 13.8 Å². The average molecular weight is 454 g/mol. The van der Waals surface area contributed by atoms with Crippen LogP contribution in [-0.4, -0.2) is 143 Å². The first-order valence-electron chi connectivity index (χ1n) is 9.05. The summed E-state index contributed by atoms with van der Waals surface area (Å²) in [4.78, 5) is 3.58. The van der Waals surface area contributed by atoms with E-state index in [4.69, 9.17) is 44.2 Å². The van der Waals surface area contributed by atoms with Crippen LogP contribution in [0.5, 0.6) is 0 Å². The molecule has 174 valence electrons. The van der Waals surface area contributed by atoms with E-state index in [1.54, 1.807) is 23.6 Å². The van der Waals surface area contributed by atoms with Gasteiger partial charge in [0.05, 0.1) is 39.6 Å². The van der Waals surface area contributed by atoms with Crippen LogP contribution in [0.3, 0.4) is 0 Å². The third-order valence-corrected chi connectivity index (χ3v) is 2.50. The van der Waals surface area contributed by atoms with Gasteiger partial charge in [0, 0.05) is 52.5 Å². The van der Waals surface area contributed by atoms with Gasteiger partial charge in [-0.3, -0.25) is 9.80 Å². The molecule has 0 unspecified atom stereocenters. The Morgan fingerprint density at radius 3 is 0.643 bits per heavy atom. The molecule has 0 rings (SSSR count). The van der Waals surface area contributed by atoms with Crippen molar-refractivity contribution in [1.29, 1.82) is 0 Å². The van der Waals surface area contributed by atoms with Gasteiger partial charge in [-0.1, -0.05) is 0 Å². The molecule has 0 saturated heterocycles. The second-order valence-corrected chi connectivity index (χ2v) is 4.66. The zero-order valence-electron chi connectivity index (χ0n) is 17.3. The summed E-state index contributed by atoms with van der Waals surface area (Å²) in [5.74, 6) is 0. The summed E-state index contributed by atoms with van der Waals surface area (Å²) in [5.41, 5.74) is 0. The summed E-state index contributed by atoms with van der Waals surface area (Å²) in [6, 6.07) is 0. The van der Waals surface area contributed by atoms with Crippen molar-refractivity contribution in [1.82, 2.24) is 9.80 Å². The van der Waals surface area contributed by atoms with E-state index >= 15 is 0 Å². The molecule has 11 nitrogen and oxygen atoms in total. The maximum absolute atomic E-state index is 8.48. The average Bonchev–Trinajstić information content (AvgIpc) is 2.67. The molecule has 0 saturated carbocycles. The van der Waals surface area contributed by atoms with Gasteiger partial charge in [0.15, 0.2) is 0 Å². The van der Waals surface area contributed by atoms with E-state index < -0.39 is 0 Å². The molecule has 0 radical (unpaired) electrons. The van der Waals surface area contributed by atoms with Gasteiger partial charge in [0.25, 0.3) is 0 Å². The Labute approximate surface area is 180 Å². The number of hydrogen-bond acceptors (Lipinski definition) is 11. The molecule has 0 amide bonds. The van der Waals surface area contributed by atoms with Crippen molar-refractivity contribution in [2.75, 3.05) is 92.1 Å². The molecule has 0 bridgehead atoms. The Kier molecular flexibility index (Phi) is 63.1. The monoisotopic (exact) mass is 454 g/mol. The Balaban J connectivity index is -0.0000000919. The van der Waals surface area contributed by atoms with Crippen LogP contribution >= 0.6 is 0 Å². The number of aliphatic hydroxyl groups is 8. The fourth-order valence-corrected chi connectivity index (χ4v) is 1.52. The minimum atomic E-state index is 0.0694. The third kappa shape index (κ3) is 50.2. The van der Waals surface area contributed by atoms with Gasteiger partial charge in [0.1, 0.15) is 0 Å². The molecule has 0 fully saturated rings. The zero-order chi connectivity index (χ0) is 23.1. The van der Waals surface area contributed by atoms with E-state index in [9.17, 15) is 0 Å². The van der Waals surface area contributed by atoms with Gasteiger partial charge in [0.2, 0.25) is 0 Å². The van der Waals surface area contributed by atoms with Gasteiger partial charge >= 0.3 is 23.7 Å². The first-order valence-corrected chi connectivity index (χ1v) is 9.68. The molecule has 0 aromatic rings. The van der Waals surface area contributed by atoms with E-state index in [0.717, 1.165) is 20.4 Å². The van der Waals surface area contributed by atoms with Crippen LogP contribution in [0.4, 0.5) is 0 Å². The van der Waals surface area contributed by atoms with E-state index in [0.29, 0.717) is 39.3 Å². The first-order chi connectivity index (χ1) is 13.5. The van der Waals surface area contributed by atoms with Crippen LogP contribution in [0.2, 0.25) is 0 Å². The van der Waals surface area contributed by atoms with Gasteiger partial charge < -0.3 is 40.9 Å². The molecule has 8 N–H and O–H groups in total. The maximum atomic E-state index is 8.48. The Hall–Kier alpha value is 0.114. The van der Waals surface area contributed by atoms with Crippen molar-refractivity contribution in [2.24, 2.45) is 0 Å². The quantitative estimate of drug-likeness (QED) is 0.136. The summed E-state index contributed by atoms with van der Waals surface area (Å²) < 4.78 is 8.25. The van der Waals surface area contributed by atoms with Crippen molar-refractivity contribution >= 4 is 0 Å². The van der Waals surface area contributed by atoms with Crippen molar-refractivity contribution in [2.45, 2.75) is 13.8 Å². The topological polar surface area (TPSA) is 185 Å². The number of rotatable bonds is 12. The van der Waals surface area contributed by atoms with Gasteiger partial charge in [-0.25, -0.2) is 0 Å². The Bertz CT molecular complexity index is 176. The summed E-state index contributed by atoms with van der Waals surface area (Å²) >= 11 is 0.750. The molecular formula is C16H42N2O9Ti. The van der Waals surface area contributed by atoms with Gasteiger partial charge in [-0.15, -0.1) is 0 Å². The third-order valence-electron chi connectivity index (χ3n) is 2.50. The predicted octanol–water partition coefficient (Wildman–Crippen LogP) is -3.59. The van der Waals surface area contributed by atoms with Crippen LogP contribution in [-0.2, 0) is 23.7 Å². The number of nitrogens with zero attached hydrogens (tertiary/aromatic N) is 2. The number of hydrogen-bond donors (Lipinski definition) is 8. The summed E-state index contributed by atoms with van der Waals surface area (Å²) in [6.07, 6.45) is 0. The molecule has 0 aromatic carbocycles. The van der Waals surface area contributed by atoms with Crippen molar-refractivity contribution in [3.8, 4) is 0 Å². The molecule has 0 spiro atoms. The molecule has 0 aromatic heterocycles. The summed E-state index contributed by atoms with van der Waals surface area (Å²) in [6.45, 7) is 7.37. The van der Waals surface area contributed by atoms with Crippen molar-refractivity contribution in [3.63, 3.8) is 0 Å². The zero-order valence-corrected chi connectivity index (χ0v) is 18.8. The standard InChI is InChI=1S/2C6H15NO3.2C2H6O.O.Ti/c2*8-4-1-7(2-5-9)3-6-10;2*1-2-3;;/h2*8-10H,1-6H2;2*3H,2H2,1H3;;. The molecule has 0 aliphatic carbocycles. The van der Waals surface area contributed by atoms with Crippen molar-refractivity contribution < 1.29 is 64.6 Å². The molecule has 0 aliphatic rings. The normalized spacial score (nSPS) is 9.11. The minimum absolute atomic E-state index is 0.0694. The fraction of sp³-hybridized carbons (Fsp3) is 1.00. The summed E-state index contributed by atoms with van der Waals surface area (Å²) in [5, 5.41) is 66.0. The molecule has 28 heavy (non-hydrogen) atoms. The van der Waals surface area contributed by atoms with E-state index in [1.165, 1.54) is 0 Å². The molecule has 12 heteroatoms. The van der Waals surface area contributed by atoms with E-state index in [1.807, 2.05) is 0 Å². The first kappa shape index (κ1) is 38.7. The number of aliphatic hydroxyl groups excluding tert-OH is 8. The van der Waals surface area contributed by atoms with Crippen LogP contribution in [0.25, 0.3) is 0 Å². The Morgan fingerprint density at radius 2 is 0.571 bits per heavy atom. The fourth-order valence-electron chi connectivity index (χ4n) is 1.52. The van der Waals surface area contributed by atoms with Crippen LogP contribution in [0.15, 0.2) is 0 Å². The second-order valence-electron chi connectivity index (χ2n) is 4.66. The van der Waals surface area contributed by atoms with Crippen LogP contribution in [0, 0.1) is 0 Å². The SMILES string of the molecule is CCO.CCO.OCCN(CCO)CCO.OCCN(CCO)CCO.[O]=[Ti]. The van der Waals surface area contributed by atoms with E-state index in [2.05, 4.69) is 0 Å². The molecular weight excluding hydrogens is 412 g/mol. The molecule has 0 heterocycles. The molecule has 0 atom stereocenters. The van der Waals surface area contributed by atoms with Crippen molar-refractivity contribution in [3.05, 3.63) is 0 Å².